The van der Waals surface area contributed by atoms with Gasteiger partial charge in [0.15, 0.2) is 0 Å². The number of benzene rings is 5. The number of halogens is 1. The predicted octanol–water partition coefficient (Wildman–Crippen LogP) is 9.07. The molecule has 0 aliphatic heterocycles. The molecule has 0 aliphatic carbocycles. The van der Waals surface area contributed by atoms with E-state index >= 15 is 0 Å². The van der Waals surface area contributed by atoms with E-state index < -0.39 is 11.8 Å². The predicted molar refractivity (Wildman–Crippen MR) is 188 cm³/mol. The van der Waals surface area contributed by atoms with Gasteiger partial charge in [0.25, 0.3) is 11.8 Å². The highest BCUT2D eigenvalue weighted by Crippen LogP contribution is 2.33. The number of hydrogen-bond acceptors (Lipinski definition) is 4. The lowest BCUT2D eigenvalue weighted by Crippen LogP contribution is -2.30. The number of para-hydroxylation sites is 2. The maximum absolute atomic E-state index is 14.1. The van der Waals surface area contributed by atoms with E-state index in [0.717, 1.165) is 26.7 Å². The van der Waals surface area contributed by atoms with Crippen molar-refractivity contribution in [3.8, 4) is 0 Å². The van der Waals surface area contributed by atoms with Crippen molar-refractivity contribution in [2.45, 2.75) is 23.5 Å². The first kappa shape index (κ1) is 30.9. The summed E-state index contributed by atoms with van der Waals surface area (Å²) in [5.74, 6) is -0.919. The summed E-state index contributed by atoms with van der Waals surface area (Å²) < 4.78 is 1.82. The number of nitrogens with zero attached hydrogens (tertiary/aromatic N) is 1. The molecule has 0 fully saturated rings. The minimum atomic E-state index is -0.500. The van der Waals surface area contributed by atoms with Crippen LogP contribution in [0.2, 0.25) is 5.02 Å². The Bertz CT molecular complexity index is 2050. The molecule has 1 heterocycles. The number of thioether (sulfide) groups is 1. The third-order valence-electron chi connectivity index (χ3n) is 7.51. The van der Waals surface area contributed by atoms with Gasteiger partial charge >= 0.3 is 0 Å². The van der Waals surface area contributed by atoms with Gasteiger partial charge in [-0.05, 0) is 72.7 Å². The number of rotatable bonds is 9. The minimum Gasteiger partial charge on any atom is -0.321 e. The van der Waals surface area contributed by atoms with Gasteiger partial charge in [-0.15, -0.1) is 11.8 Å². The number of anilines is 1. The van der Waals surface area contributed by atoms with Gasteiger partial charge in [-0.3, -0.25) is 19.0 Å². The molecule has 0 spiro atoms. The molecule has 0 saturated heterocycles. The zero-order valence-corrected chi connectivity index (χ0v) is 26.5. The lowest BCUT2D eigenvalue weighted by molar-refractivity contribution is -0.113. The second kappa shape index (κ2) is 13.9. The zero-order chi connectivity index (χ0) is 32.0. The Kier molecular flexibility index (Phi) is 9.33. The smallest absolute Gasteiger partial charge is 0.272 e. The molecule has 6 nitrogen and oxygen atoms in total. The maximum atomic E-state index is 14.1. The van der Waals surface area contributed by atoms with E-state index in [1.807, 2.05) is 84.3 Å². The Balaban J connectivity index is 1.24. The highest BCUT2D eigenvalue weighted by atomic mass is 35.5. The molecule has 2 N–H and O–H groups in total. The van der Waals surface area contributed by atoms with Crippen molar-refractivity contribution in [2.75, 3.05) is 5.32 Å². The molecular formula is C38H30ClN3O3S. The van der Waals surface area contributed by atoms with E-state index in [-0.39, 0.29) is 16.9 Å². The van der Waals surface area contributed by atoms with Crippen LogP contribution < -0.4 is 10.6 Å². The van der Waals surface area contributed by atoms with Gasteiger partial charge in [-0.1, -0.05) is 91.3 Å². The van der Waals surface area contributed by atoms with E-state index in [1.54, 1.807) is 60.7 Å². The fraction of sp³-hybridized carbons (Fsp3) is 0.0789. The van der Waals surface area contributed by atoms with Crippen molar-refractivity contribution < 1.29 is 14.4 Å². The van der Waals surface area contributed by atoms with Crippen molar-refractivity contribution in [3.63, 3.8) is 0 Å². The molecule has 0 saturated carbocycles. The topological polar surface area (TPSA) is 80.2 Å². The van der Waals surface area contributed by atoms with Crippen LogP contribution in [-0.2, 0) is 4.79 Å². The van der Waals surface area contributed by atoms with Gasteiger partial charge in [0.05, 0.1) is 16.3 Å². The average Bonchev–Trinajstić information content (AvgIpc) is 3.41. The third-order valence-corrected chi connectivity index (χ3v) is 9.09. The molecule has 6 rings (SSSR count). The van der Waals surface area contributed by atoms with E-state index in [4.69, 9.17) is 11.6 Å². The molecule has 1 aromatic heterocycles. The van der Waals surface area contributed by atoms with E-state index in [1.165, 1.54) is 11.8 Å². The lowest BCUT2D eigenvalue weighted by Gasteiger charge is -2.17. The standard InChI is InChI=1S/C38H30ClN3O3S/c1-2-35(38(45)42-33-20-8-6-18-30(33)31-19-7-9-21-34(31)42)46-29-17-11-16-28(24-29)40-37(44)32(23-25-12-10-15-27(39)22-25)41-36(43)26-13-4-3-5-14-26/h3-24,35H,2H2,1H3,(H,40,44)(H,41,43)/b32-23-. The summed E-state index contributed by atoms with van der Waals surface area (Å²) in [5, 5.41) is 7.88. The monoisotopic (exact) mass is 643 g/mol. The number of carbonyl (C=O) groups is 3. The molecular weight excluding hydrogens is 614 g/mol. The Hall–Kier alpha value is -5.11. The van der Waals surface area contributed by atoms with Crippen LogP contribution in [0.5, 0.6) is 0 Å². The van der Waals surface area contributed by atoms with E-state index in [0.29, 0.717) is 28.3 Å². The first-order valence-corrected chi connectivity index (χ1v) is 16.1. The van der Waals surface area contributed by atoms with Crippen molar-refractivity contribution >= 4 is 74.7 Å². The second-order valence-corrected chi connectivity index (χ2v) is 12.4. The summed E-state index contributed by atoms with van der Waals surface area (Å²) in [6, 6.07) is 39.0. The molecule has 1 atom stereocenters. The first-order valence-electron chi connectivity index (χ1n) is 14.9. The largest absolute Gasteiger partial charge is 0.321 e. The van der Waals surface area contributed by atoms with Gasteiger partial charge < -0.3 is 10.6 Å². The maximum Gasteiger partial charge on any atom is 0.272 e. The molecule has 8 heteroatoms. The number of hydrogen-bond donors (Lipinski definition) is 2. The number of amides is 2. The van der Waals surface area contributed by atoms with Crippen LogP contribution in [0.1, 0.15) is 34.1 Å². The van der Waals surface area contributed by atoms with E-state index in [9.17, 15) is 14.4 Å². The molecule has 1 unspecified atom stereocenters. The molecule has 46 heavy (non-hydrogen) atoms. The Labute approximate surface area is 276 Å². The molecule has 0 aliphatic rings. The molecule has 0 radical (unpaired) electrons. The quantitative estimate of drug-likeness (QED) is 0.122. The SMILES string of the molecule is CCC(Sc1cccc(NC(=O)/C(=C/c2cccc(Cl)c2)NC(=O)c2ccccc2)c1)C(=O)n1c2ccccc2c2ccccc21. The van der Waals surface area contributed by atoms with Crippen molar-refractivity contribution in [3.05, 3.63) is 149 Å². The molecule has 2 amide bonds. The fourth-order valence-corrected chi connectivity index (χ4v) is 6.58. The van der Waals surface area contributed by atoms with Crippen LogP contribution >= 0.6 is 23.4 Å². The number of nitrogens with one attached hydrogen (secondary N) is 2. The third kappa shape index (κ3) is 6.76. The first-order chi connectivity index (χ1) is 22.4. The van der Waals surface area contributed by atoms with E-state index in [2.05, 4.69) is 10.6 Å². The highest BCUT2D eigenvalue weighted by Gasteiger charge is 2.24. The second-order valence-electron chi connectivity index (χ2n) is 10.6. The van der Waals surface area contributed by atoms with Gasteiger partial charge in [0.2, 0.25) is 5.91 Å². The molecule has 228 valence electrons. The number of fused-ring (bicyclic) bond motifs is 3. The molecule has 5 aromatic carbocycles. The summed E-state index contributed by atoms with van der Waals surface area (Å²) in [7, 11) is 0. The number of carbonyl (C=O) groups excluding carboxylic acids is 3. The van der Waals surface area contributed by atoms with Crippen LogP contribution in [0.25, 0.3) is 27.9 Å². The van der Waals surface area contributed by atoms with Gasteiger partial charge in [-0.25, -0.2) is 0 Å². The van der Waals surface area contributed by atoms with Crippen LogP contribution in [-0.4, -0.2) is 27.5 Å². The summed E-state index contributed by atoms with van der Waals surface area (Å²) in [5.41, 5.74) is 3.42. The summed E-state index contributed by atoms with van der Waals surface area (Å²) in [6.07, 6.45) is 2.19. The van der Waals surface area contributed by atoms with Gasteiger partial charge in [-0.2, -0.15) is 0 Å². The molecule has 0 bridgehead atoms. The molecule has 6 aromatic rings. The highest BCUT2D eigenvalue weighted by molar-refractivity contribution is 8.00. The summed E-state index contributed by atoms with van der Waals surface area (Å²) in [4.78, 5) is 41.5. The summed E-state index contributed by atoms with van der Waals surface area (Å²) in [6.45, 7) is 2.00. The Morgan fingerprint density at radius 2 is 1.43 bits per heavy atom. The average molecular weight is 644 g/mol. The van der Waals surface area contributed by atoms with Crippen molar-refractivity contribution in [1.29, 1.82) is 0 Å². The summed E-state index contributed by atoms with van der Waals surface area (Å²) >= 11 is 7.63. The number of aromatic nitrogens is 1. The van der Waals surface area contributed by atoms with Crippen LogP contribution in [0, 0.1) is 0 Å². The van der Waals surface area contributed by atoms with Crippen LogP contribution in [0.15, 0.2) is 138 Å². The van der Waals surface area contributed by atoms with Gasteiger partial charge in [0.1, 0.15) is 5.70 Å². The Morgan fingerprint density at radius 1 is 0.783 bits per heavy atom. The fourth-order valence-electron chi connectivity index (χ4n) is 5.33. The zero-order valence-electron chi connectivity index (χ0n) is 24.9. The van der Waals surface area contributed by atoms with Crippen LogP contribution in [0.3, 0.4) is 0 Å². The lowest BCUT2D eigenvalue weighted by atomic mass is 10.1. The van der Waals surface area contributed by atoms with Crippen molar-refractivity contribution in [2.24, 2.45) is 0 Å². The van der Waals surface area contributed by atoms with Crippen molar-refractivity contribution in [1.82, 2.24) is 9.88 Å². The van der Waals surface area contributed by atoms with Gasteiger partial charge in [0, 0.05) is 31.9 Å². The normalized spacial score (nSPS) is 12.2. The van der Waals surface area contributed by atoms with Crippen LogP contribution in [0.4, 0.5) is 5.69 Å². The Morgan fingerprint density at radius 3 is 2.11 bits per heavy atom. The minimum absolute atomic E-state index is 0.00490.